The smallest absolute Gasteiger partial charge is 0.291 e. The summed E-state index contributed by atoms with van der Waals surface area (Å²) in [6.45, 7) is -0.890. The summed E-state index contributed by atoms with van der Waals surface area (Å²) in [4.78, 5) is 23.8. The van der Waals surface area contributed by atoms with Crippen LogP contribution in [0.5, 0.6) is 0 Å². The number of aliphatic hydroxyl groups is 3. The largest absolute Gasteiger partial charge is 0.394 e. The first kappa shape index (κ1) is 16.1. The average Bonchev–Trinajstić information content (AvgIpc) is 3.01. The molecule has 0 unspecified atom stereocenters. The second-order valence-corrected chi connectivity index (χ2v) is 4.99. The van der Waals surface area contributed by atoms with E-state index in [1.165, 1.54) is 0 Å². The fraction of sp³-hybridized carbons (Fsp3) is 0.500. The van der Waals surface area contributed by atoms with E-state index in [0.29, 0.717) is 4.57 Å². The predicted octanol–water partition coefficient (Wildman–Crippen LogP) is -1.97. The molecule has 6 N–H and O–H groups in total. The van der Waals surface area contributed by atoms with Gasteiger partial charge in [0.25, 0.3) is 17.3 Å². The van der Waals surface area contributed by atoms with E-state index < -0.39 is 36.1 Å². The molecule has 4 atom stereocenters. The molecule has 1 aliphatic heterocycles. The average molecular weight is 342 g/mol. The summed E-state index contributed by atoms with van der Waals surface area (Å²) in [6, 6.07) is 0. The molecule has 1 fully saturated rings. The molecular weight excluding hydrogens is 331 g/mol. The van der Waals surface area contributed by atoms with Crippen LogP contribution in [0.15, 0.2) is 16.2 Å². The number of nitrogens with two attached hydrogens (primary N) is 1. The number of alkyl halides is 1. The van der Waals surface area contributed by atoms with Crippen LogP contribution in [-0.2, 0) is 10.6 Å². The highest BCUT2D eigenvalue weighted by atomic mass is 19.2. The number of aliphatic hydroxyl groups excluding tert-OH is 2. The van der Waals surface area contributed by atoms with E-state index in [0.717, 1.165) is 6.33 Å². The Balaban J connectivity index is 2.35. The molecule has 0 radical (unpaired) electrons. The Morgan fingerprint density at radius 2 is 2.38 bits per heavy atom. The number of ether oxygens (including phenoxy) is 1. The Kier molecular flexibility index (Phi) is 3.43. The highest BCUT2D eigenvalue weighted by Gasteiger charge is 2.68. The summed E-state index contributed by atoms with van der Waals surface area (Å²) in [5.41, 5.74) is 12.7. The van der Waals surface area contributed by atoms with Crippen LogP contribution in [-0.4, -0.2) is 59.5 Å². The lowest BCUT2D eigenvalue weighted by molar-refractivity contribution is -0.255. The lowest BCUT2D eigenvalue weighted by atomic mass is 10.1. The van der Waals surface area contributed by atoms with Crippen LogP contribution in [0, 0.1) is 0 Å². The third-order valence-electron chi connectivity index (χ3n) is 3.63. The Labute approximate surface area is 130 Å². The van der Waals surface area contributed by atoms with Crippen molar-refractivity contribution in [2.75, 3.05) is 12.3 Å². The van der Waals surface area contributed by atoms with Gasteiger partial charge in [-0.1, -0.05) is 0 Å². The number of nitrogens with zero attached hydrogens (tertiary/aromatic N) is 6. The molecule has 128 valence electrons. The van der Waals surface area contributed by atoms with Crippen molar-refractivity contribution < 1.29 is 24.4 Å². The van der Waals surface area contributed by atoms with E-state index >= 15 is 0 Å². The van der Waals surface area contributed by atoms with Crippen molar-refractivity contribution >= 4 is 17.1 Å². The van der Waals surface area contributed by atoms with Crippen molar-refractivity contribution in [3.05, 3.63) is 27.1 Å². The molecule has 24 heavy (non-hydrogen) atoms. The Morgan fingerprint density at radius 1 is 1.67 bits per heavy atom. The SMILES string of the molecule is [N-]=[N+]=N[C@@]1(n2cnc3c(=O)[nH]c(N)nc32)O[C@H](CO)[C@@H](O)[C@]1(O)F. The molecule has 2 aromatic heterocycles. The predicted molar refractivity (Wildman–Crippen MR) is 73.7 cm³/mol. The highest BCUT2D eigenvalue weighted by Crippen LogP contribution is 2.46. The number of aromatic amines is 1. The fourth-order valence-corrected chi connectivity index (χ4v) is 2.51. The van der Waals surface area contributed by atoms with Crippen LogP contribution in [0.1, 0.15) is 0 Å². The van der Waals surface area contributed by atoms with Gasteiger partial charge in [0.05, 0.1) is 12.9 Å². The molecule has 0 amide bonds. The first-order valence-electron chi connectivity index (χ1n) is 6.46. The fourth-order valence-electron chi connectivity index (χ4n) is 2.51. The van der Waals surface area contributed by atoms with Gasteiger partial charge < -0.3 is 25.8 Å². The second kappa shape index (κ2) is 5.12. The van der Waals surface area contributed by atoms with Gasteiger partial charge in [0.15, 0.2) is 11.2 Å². The number of aromatic nitrogens is 4. The van der Waals surface area contributed by atoms with Crippen LogP contribution in [0.3, 0.4) is 0 Å². The topological polar surface area (TPSA) is 208 Å². The number of nitrogens with one attached hydrogen (secondary N) is 1. The minimum Gasteiger partial charge on any atom is -0.394 e. The number of fused-ring (bicyclic) bond motifs is 1. The van der Waals surface area contributed by atoms with Crippen LogP contribution < -0.4 is 11.3 Å². The maximum absolute atomic E-state index is 14.9. The molecule has 1 saturated heterocycles. The Hall–Kier alpha value is -2.77. The van der Waals surface area contributed by atoms with Crippen LogP contribution in [0.2, 0.25) is 0 Å². The summed E-state index contributed by atoms with van der Waals surface area (Å²) in [5, 5.41) is 32.1. The van der Waals surface area contributed by atoms with Crippen molar-refractivity contribution in [2.45, 2.75) is 23.9 Å². The third kappa shape index (κ3) is 1.88. The number of hydrogen-bond acceptors (Lipinski definition) is 9. The number of halogens is 1. The van der Waals surface area contributed by atoms with Crippen molar-refractivity contribution in [2.24, 2.45) is 5.11 Å². The molecule has 3 rings (SSSR count). The minimum atomic E-state index is -3.67. The van der Waals surface area contributed by atoms with Gasteiger partial charge in [-0.15, -0.1) is 0 Å². The molecular formula is C10H11FN8O5. The van der Waals surface area contributed by atoms with Gasteiger partial charge in [-0.3, -0.25) is 14.3 Å². The van der Waals surface area contributed by atoms with Gasteiger partial charge in [0.2, 0.25) is 5.95 Å². The van der Waals surface area contributed by atoms with E-state index in [1.807, 2.05) is 0 Å². The molecule has 0 saturated carbocycles. The van der Waals surface area contributed by atoms with Gasteiger partial charge in [-0.25, -0.2) is 9.37 Å². The monoisotopic (exact) mass is 342 g/mol. The van der Waals surface area contributed by atoms with Crippen molar-refractivity contribution in [1.82, 2.24) is 19.5 Å². The lowest BCUT2D eigenvalue weighted by Gasteiger charge is -2.32. The first-order valence-corrected chi connectivity index (χ1v) is 6.46. The zero-order chi connectivity index (χ0) is 17.7. The standard InChI is InChI=1S/C10H11FN8O5/c11-9(23)5(21)3(1-20)24-10(9,17-18-13)19-2-14-4-6(19)15-8(12)16-7(4)22/h2-3,5,20-21,23H,1H2,(H3,12,15,16,22)/t3-,5-,9-,10+/m1/s1. The lowest BCUT2D eigenvalue weighted by Crippen LogP contribution is -2.53. The van der Waals surface area contributed by atoms with Crippen LogP contribution >= 0.6 is 0 Å². The summed E-state index contributed by atoms with van der Waals surface area (Å²) in [6.07, 6.45) is -3.06. The third-order valence-corrected chi connectivity index (χ3v) is 3.63. The molecule has 2 aromatic rings. The van der Waals surface area contributed by atoms with Crippen LogP contribution in [0.25, 0.3) is 21.6 Å². The number of nitrogen functional groups attached to an aromatic ring is 1. The Morgan fingerprint density at radius 3 is 2.96 bits per heavy atom. The number of rotatable bonds is 3. The number of hydrogen-bond donors (Lipinski definition) is 5. The molecule has 14 heteroatoms. The van der Waals surface area contributed by atoms with Crippen molar-refractivity contribution in [3.63, 3.8) is 0 Å². The molecule has 1 aliphatic rings. The van der Waals surface area contributed by atoms with E-state index in [4.69, 9.17) is 21.1 Å². The minimum absolute atomic E-state index is 0.307. The van der Waals surface area contributed by atoms with Gasteiger partial charge in [-0.2, -0.15) is 4.98 Å². The first-order chi connectivity index (χ1) is 11.3. The van der Waals surface area contributed by atoms with Crippen molar-refractivity contribution in [1.29, 1.82) is 0 Å². The maximum atomic E-state index is 14.9. The number of imidazole rings is 1. The maximum Gasteiger partial charge on any atom is 0.291 e. The molecule has 0 aromatic carbocycles. The van der Waals surface area contributed by atoms with Gasteiger partial charge >= 0.3 is 0 Å². The molecule has 3 heterocycles. The molecule has 0 spiro atoms. The zero-order valence-electron chi connectivity index (χ0n) is 11.7. The number of H-pyrrole nitrogens is 1. The van der Waals surface area contributed by atoms with Gasteiger partial charge in [0, 0.05) is 4.91 Å². The zero-order valence-corrected chi connectivity index (χ0v) is 11.7. The van der Waals surface area contributed by atoms with Gasteiger partial charge in [-0.05, 0) is 10.6 Å². The molecule has 13 nitrogen and oxygen atoms in total. The summed E-state index contributed by atoms with van der Waals surface area (Å²) < 4.78 is 20.6. The van der Waals surface area contributed by atoms with E-state index in [2.05, 4.69) is 25.0 Å². The van der Waals surface area contributed by atoms with E-state index in [1.54, 1.807) is 0 Å². The second-order valence-electron chi connectivity index (χ2n) is 4.99. The number of anilines is 1. The summed E-state index contributed by atoms with van der Waals surface area (Å²) >= 11 is 0. The van der Waals surface area contributed by atoms with Gasteiger partial charge in [0.1, 0.15) is 12.2 Å². The Bertz CT molecular complexity index is 904. The molecule has 0 bridgehead atoms. The van der Waals surface area contributed by atoms with Crippen LogP contribution in [0.4, 0.5) is 10.3 Å². The normalized spacial score (nSPS) is 32.8. The molecule has 0 aliphatic carbocycles. The summed E-state index contributed by atoms with van der Waals surface area (Å²) in [7, 11) is 0. The summed E-state index contributed by atoms with van der Waals surface area (Å²) in [5.74, 6) is -6.93. The highest BCUT2D eigenvalue weighted by molar-refractivity contribution is 5.70. The quantitative estimate of drug-likeness (QED) is 0.239. The van der Waals surface area contributed by atoms with E-state index in [-0.39, 0.29) is 17.1 Å². The van der Waals surface area contributed by atoms with Crippen molar-refractivity contribution in [3.8, 4) is 0 Å². The van der Waals surface area contributed by atoms with E-state index in [9.17, 15) is 19.4 Å². The number of azide groups is 1.